The van der Waals surface area contributed by atoms with Crippen molar-refractivity contribution in [1.29, 1.82) is 0 Å². The van der Waals surface area contributed by atoms with Crippen LogP contribution in [0.25, 0.3) is 11.0 Å². The lowest BCUT2D eigenvalue weighted by Crippen LogP contribution is -2.35. The standard InChI is InChI=1S/C15H19FN8/c1-23-11(2-3-21-23)8-24-7-10(16)4-12(24)5-17-14-13-6-20-22-15(13)19-9-18-14/h2-3,6,9-10,12H,4-5,7-8H2,1H3,(H2,17,18,19,20,22)/t10-,12-/m0/s1. The topological polar surface area (TPSA) is 87.5 Å². The molecule has 0 aliphatic carbocycles. The average Bonchev–Trinajstić information content (AvgIpc) is 3.27. The van der Waals surface area contributed by atoms with Crippen LogP contribution in [0.1, 0.15) is 12.1 Å². The molecule has 2 N–H and O–H groups in total. The monoisotopic (exact) mass is 330 g/mol. The van der Waals surface area contributed by atoms with E-state index in [4.69, 9.17) is 0 Å². The molecule has 0 amide bonds. The van der Waals surface area contributed by atoms with Crippen molar-refractivity contribution in [2.45, 2.75) is 25.2 Å². The Balaban J connectivity index is 1.46. The van der Waals surface area contributed by atoms with Crippen LogP contribution in [-0.2, 0) is 13.6 Å². The fraction of sp³-hybridized carbons (Fsp3) is 0.467. The summed E-state index contributed by atoms with van der Waals surface area (Å²) in [5.74, 6) is 0.719. The first-order chi connectivity index (χ1) is 11.7. The number of aryl methyl sites for hydroxylation is 1. The number of H-pyrrole nitrogens is 1. The van der Waals surface area contributed by atoms with E-state index in [1.54, 1.807) is 12.4 Å². The SMILES string of the molecule is Cn1nccc1CN1C[C@@H](F)C[C@H]1CNc1ncnc2[nH]ncc12. The molecule has 0 saturated carbocycles. The normalized spacial score (nSPS) is 21.6. The van der Waals surface area contributed by atoms with Crippen molar-refractivity contribution in [2.75, 3.05) is 18.4 Å². The molecule has 1 fully saturated rings. The molecule has 0 unspecified atom stereocenters. The molecule has 126 valence electrons. The number of rotatable bonds is 5. The smallest absolute Gasteiger partial charge is 0.160 e. The number of aromatic amines is 1. The Kier molecular flexibility index (Phi) is 3.85. The third kappa shape index (κ3) is 2.82. The van der Waals surface area contributed by atoms with E-state index < -0.39 is 6.17 Å². The summed E-state index contributed by atoms with van der Waals surface area (Å²) in [6.07, 6.45) is 4.66. The Morgan fingerprint density at radius 1 is 1.42 bits per heavy atom. The van der Waals surface area contributed by atoms with Crippen molar-refractivity contribution in [2.24, 2.45) is 7.05 Å². The maximum absolute atomic E-state index is 13.9. The first-order valence-electron chi connectivity index (χ1n) is 7.93. The third-order valence-corrected chi connectivity index (χ3v) is 4.52. The highest BCUT2D eigenvalue weighted by Gasteiger charge is 2.32. The molecular weight excluding hydrogens is 311 g/mol. The summed E-state index contributed by atoms with van der Waals surface area (Å²) in [7, 11) is 1.90. The zero-order valence-electron chi connectivity index (χ0n) is 13.4. The van der Waals surface area contributed by atoms with Crippen LogP contribution < -0.4 is 5.32 Å². The van der Waals surface area contributed by atoms with Crippen LogP contribution in [0.2, 0.25) is 0 Å². The Morgan fingerprint density at radius 2 is 2.33 bits per heavy atom. The van der Waals surface area contributed by atoms with Crippen LogP contribution in [0.4, 0.5) is 10.2 Å². The molecule has 24 heavy (non-hydrogen) atoms. The zero-order chi connectivity index (χ0) is 16.5. The van der Waals surface area contributed by atoms with Gasteiger partial charge in [0.1, 0.15) is 18.3 Å². The summed E-state index contributed by atoms with van der Waals surface area (Å²) in [6, 6.07) is 2.07. The minimum absolute atomic E-state index is 0.104. The Morgan fingerprint density at radius 3 is 3.17 bits per heavy atom. The minimum atomic E-state index is -0.802. The molecule has 0 spiro atoms. The Hall–Kier alpha value is -2.55. The molecule has 9 heteroatoms. The molecule has 8 nitrogen and oxygen atoms in total. The molecule has 3 aromatic rings. The van der Waals surface area contributed by atoms with E-state index in [9.17, 15) is 4.39 Å². The van der Waals surface area contributed by atoms with Gasteiger partial charge in [0.2, 0.25) is 0 Å². The molecule has 2 atom stereocenters. The fourth-order valence-electron chi connectivity index (χ4n) is 3.21. The molecule has 1 aliphatic rings. The Bertz CT molecular complexity index is 828. The quantitative estimate of drug-likeness (QED) is 0.729. The van der Waals surface area contributed by atoms with Crippen LogP contribution in [-0.4, -0.2) is 60.1 Å². The predicted octanol–water partition coefficient (Wildman–Crippen LogP) is 1.11. The second kappa shape index (κ2) is 6.16. The van der Waals surface area contributed by atoms with E-state index in [1.165, 1.54) is 6.33 Å². The summed E-state index contributed by atoms with van der Waals surface area (Å²) in [5.41, 5.74) is 1.77. The molecule has 0 bridgehead atoms. The van der Waals surface area contributed by atoms with Gasteiger partial charge in [-0.3, -0.25) is 14.7 Å². The largest absolute Gasteiger partial charge is 0.368 e. The van der Waals surface area contributed by atoms with Crippen molar-refractivity contribution in [3.05, 3.63) is 30.5 Å². The highest BCUT2D eigenvalue weighted by Crippen LogP contribution is 2.24. The van der Waals surface area contributed by atoms with Gasteiger partial charge in [0.25, 0.3) is 0 Å². The third-order valence-electron chi connectivity index (χ3n) is 4.52. The first-order valence-corrected chi connectivity index (χ1v) is 7.93. The number of anilines is 1. The van der Waals surface area contributed by atoms with Crippen LogP contribution >= 0.6 is 0 Å². The second-order valence-corrected chi connectivity index (χ2v) is 6.10. The lowest BCUT2D eigenvalue weighted by molar-refractivity contribution is 0.235. The van der Waals surface area contributed by atoms with Gasteiger partial charge in [-0.05, 0) is 12.5 Å². The van der Waals surface area contributed by atoms with Crippen LogP contribution in [0, 0.1) is 0 Å². The van der Waals surface area contributed by atoms with Crippen LogP contribution in [0.5, 0.6) is 0 Å². The first kappa shape index (κ1) is 15.0. The van der Waals surface area contributed by atoms with Gasteiger partial charge in [0.15, 0.2) is 5.65 Å². The maximum Gasteiger partial charge on any atom is 0.160 e. The number of hydrogen-bond acceptors (Lipinski definition) is 6. The summed E-state index contributed by atoms with van der Waals surface area (Å²) >= 11 is 0. The van der Waals surface area contributed by atoms with E-state index in [0.29, 0.717) is 31.7 Å². The number of likely N-dealkylation sites (tertiary alicyclic amines) is 1. The van der Waals surface area contributed by atoms with Crippen molar-refractivity contribution < 1.29 is 4.39 Å². The highest BCUT2D eigenvalue weighted by atomic mass is 19.1. The van der Waals surface area contributed by atoms with Gasteiger partial charge in [-0.1, -0.05) is 0 Å². The number of alkyl halides is 1. The highest BCUT2D eigenvalue weighted by molar-refractivity contribution is 5.85. The van der Waals surface area contributed by atoms with E-state index in [-0.39, 0.29) is 6.04 Å². The van der Waals surface area contributed by atoms with E-state index >= 15 is 0 Å². The number of aromatic nitrogens is 6. The number of nitrogens with one attached hydrogen (secondary N) is 2. The lowest BCUT2D eigenvalue weighted by Gasteiger charge is -2.24. The van der Waals surface area contributed by atoms with Gasteiger partial charge in [-0.15, -0.1) is 0 Å². The van der Waals surface area contributed by atoms with Crippen molar-refractivity contribution in [3.63, 3.8) is 0 Å². The average molecular weight is 330 g/mol. The van der Waals surface area contributed by atoms with Gasteiger partial charge in [-0.2, -0.15) is 10.2 Å². The summed E-state index contributed by atoms with van der Waals surface area (Å²) in [6.45, 7) is 1.76. The predicted molar refractivity (Wildman–Crippen MR) is 87.1 cm³/mol. The lowest BCUT2D eigenvalue weighted by atomic mass is 10.2. The molecule has 4 heterocycles. The molecule has 0 radical (unpaired) electrons. The number of fused-ring (bicyclic) bond motifs is 1. The number of hydrogen-bond donors (Lipinski definition) is 2. The maximum atomic E-state index is 13.9. The minimum Gasteiger partial charge on any atom is -0.368 e. The molecule has 1 aliphatic heterocycles. The molecule has 1 saturated heterocycles. The van der Waals surface area contributed by atoms with Gasteiger partial charge >= 0.3 is 0 Å². The summed E-state index contributed by atoms with van der Waals surface area (Å²) in [4.78, 5) is 10.5. The molecular formula is C15H19FN8. The van der Waals surface area contributed by atoms with Gasteiger partial charge in [-0.25, -0.2) is 14.4 Å². The zero-order valence-corrected chi connectivity index (χ0v) is 13.4. The summed E-state index contributed by atoms with van der Waals surface area (Å²) in [5, 5.41) is 15.1. The number of nitrogens with zero attached hydrogens (tertiary/aromatic N) is 6. The van der Waals surface area contributed by atoms with E-state index in [1.807, 2.05) is 17.8 Å². The Labute approximate surface area is 138 Å². The van der Waals surface area contributed by atoms with Crippen molar-refractivity contribution in [1.82, 2.24) is 34.8 Å². The molecule has 3 aromatic heterocycles. The van der Waals surface area contributed by atoms with E-state index in [0.717, 1.165) is 16.9 Å². The van der Waals surface area contributed by atoms with Crippen LogP contribution in [0.15, 0.2) is 24.8 Å². The fourth-order valence-corrected chi connectivity index (χ4v) is 3.21. The van der Waals surface area contributed by atoms with E-state index in [2.05, 4.69) is 35.5 Å². The van der Waals surface area contributed by atoms with Crippen LogP contribution in [0.3, 0.4) is 0 Å². The summed E-state index contributed by atoms with van der Waals surface area (Å²) < 4.78 is 15.8. The van der Waals surface area contributed by atoms with Gasteiger partial charge in [0.05, 0.1) is 17.3 Å². The van der Waals surface area contributed by atoms with Gasteiger partial charge in [0, 0.05) is 38.9 Å². The number of halogens is 1. The molecule has 0 aromatic carbocycles. The van der Waals surface area contributed by atoms with Crippen molar-refractivity contribution >= 4 is 16.9 Å². The second-order valence-electron chi connectivity index (χ2n) is 6.10. The van der Waals surface area contributed by atoms with Gasteiger partial charge < -0.3 is 5.32 Å². The van der Waals surface area contributed by atoms with Crippen molar-refractivity contribution in [3.8, 4) is 0 Å². The molecule has 4 rings (SSSR count).